The van der Waals surface area contributed by atoms with Gasteiger partial charge in [0.15, 0.2) is 0 Å². The van der Waals surface area contributed by atoms with Crippen LogP contribution in [0.4, 0.5) is 0 Å². The molecule has 0 rings (SSSR count). The van der Waals surface area contributed by atoms with Gasteiger partial charge >= 0.3 is 0 Å². The lowest BCUT2D eigenvalue weighted by Gasteiger charge is -2.31. The molecule has 0 bridgehead atoms. The van der Waals surface area contributed by atoms with Gasteiger partial charge in [-0.15, -0.1) is 0 Å². The molecular weight excluding hydrogens is 500 g/mol. The van der Waals surface area contributed by atoms with Crippen molar-refractivity contribution < 1.29 is 4.79 Å². The van der Waals surface area contributed by atoms with E-state index in [9.17, 15) is 4.79 Å². The van der Waals surface area contributed by atoms with Gasteiger partial charge in [0.25, 0.3) is 0 Å². The minimum Gasteiger partial charge on any atom is -0.368 e. The summed E-state index contributed by atoms with van der Waals surface area (Å²) < 4.78 is 0. The van der Waals surface area contributed by atoms with Gasteiger partial charge in [-0.1, -0.05) is 207 Å². The summed E-state index contributed by atoms with van der Waals surface area (Å²) >= 11 is 0. The highest BCUT2D eigenvalue weighted by Gasteiger charge is 2.33. The molecule has 1 atom stereocenters. The summed E-state index contributed by atoms with van der Waals surface area (Å²) in [6, 6.07) is 0. The molecule has 0 aliphatic heterocycles. The van der Waals surface area contributed by atoms with Crippen LogP contribution in [0, 0.1) is 0 Å². The number of hydrogen-bond acceptors (Lipinski definition) is 2. The van der Waals surface area contributed by atoms with Gasteiger partial charge in [0.1, 0.15) is 0 Å². The fourth-order valence-electron chi connectivity index (χ4n) is 6.40. The van der Waals surface area contributed by atoms with Crippen LogP contribution in [0.25, 0.3) is 0 Å². The van der Waals surface area contributed by atoms with Crippen molar-refractivity contribution in [1.82, 2.24) is 5.32 Å². The Kier molecular flexibility index (Phi) is 31.9. The van der Waals surface area contributed by atoms with Gasteiger partial charge < -0.3 is 11.1 Å². The standard InChI is InChI=1S/C38H78N2O/c1-4-7-9-11-13-15-17-19-21-22-24-26-28-30-32-34-36-40-38(6-3,37(39)41)35-33-31-29-27-25-23-20-18-16-14-12-10-8-5-2/h40H,4-36H2,1-3H3,(H2,39,41). The second-order valence-electron chi connectivity index (χ2n) is 13.4. The van der Waals surface area contributed by atoms with E-state index in [0.717, 1.165) is 32.2 Å². The van der Waals surface area contributed by atoms with E-state index in [1.54, 1.807) is 0 Å². The zero-order valence-electron chi connectivity index (χ0n) is 28.8. The normalized spacial score (nSPS) is 13.0. The maximum atomic E-state index is 12.4. The Morgan fingerprint density at radius 3 is 0.976 bits per heavy atom. The monoisotopic (exact) mass is 579 g/mol. The van der Waals surface area contributed by atoms with Crippen molar-refractivity contribution in [1.29, 1.82) is 0 Å². The van der Waals surface area contributed by atoms with E-state index in [1.807, 2.05) is 0 Å². The zero-order chi connectivity index (χ0) is 30.1. The lowest BCUT2D eigenvalue weighted by molar-refractivity contribution is -0.125. The van der Waals surface area contributed by atoms with E-state index in [-0.39, 0.29) is 5.91 Å². The maximum absolute atomic E-state index is 12.4. The van der Waals surface area contributed by atoms with Crippen LogP contribution in [0.1, 0.15) is 226 Å². The number of amides is 1. The van der Waals surface area contributed by atoms with Crippen LogP contribution in [-0.2, 0) is 4.79 Å². The van der Waals surface area contributed by atoms with Gasteiger partial charge in [-0.3, -0.25) is 4.79 Å². The minimum absolute atomic E-state index is 0.147. The summed E-state index contributed by atoms with van der Waals surface area (Å²) in [5, 5.41) is 3.60. The van der Waals surface area contributed by atoms with Gasteiger partial charge in [-0.05, 0) is 25.8 Å². The number of rotatable bonds is 35. The Hall–Kier alpha value is -0.570. The van der Waals surface area contributed by atoms with Crippen molar-refractivity contribution >= 4 is 5.91 Å². The second kappa shape index (κ2) is 32.3. The van der Waals surface area contributed by atoms with Crippen LogP contribution in [0.2, 0.25) is 0 Å². The fourth-order valence-corrected chi connectivity index (χ4v) is 6.40. The molecule has 3 heteroatoms. The Bertz CT molecular complexity index is 522. The van der Waals surface area contributed by atoms with Gasteiger partial charge in [0, 0.05) is 0 Å². The molecule has 3 N–H and O–H groups in total. The van der Waals surface area contributed by atoms with Crippen LogP contribution in [-0.4, -0.2) is 18.0 Å². The van der Waals surface area contributed by atoms with E-state index < -0.39 is 5.54 Å². The smallest absolute Gasteiger partial charge is 0.237 e. The molecule has 0 heterocycles. The number of nitrogens with two attached hydrogens (primary N) is 1. The van der Waals surface area contributed by atoms with Crippen molar-refractivity contribution in [3.05, 3.63) is 0 Å². The molecule has 1 unspecified atom stereocenters. The highest BCUT2D eigenvalue weighted by Crippen LogP contribution is 2.21. The summed E-state index contributed by atoms with van der Waals surface area (Å²) in [5.41, 5.74) is 5.41. The molecule has 0 aliphatic rings. The molecule has 0 aromatic rings. The Morgan fingerprint density at radius 2 is 0.707 bits per heavy atom. The van der Waals surface area contributed by atoms with Crippen molar-refractivity contribution in [2.24, 2.45) is 5.73 Å². The molecular formula is C38H78N2O. The summed E-state index contributed by atoms with van der Waals surface area (Å²) in [4.78, 5) is 12.4. The summed E-state index contributed by atoms with van der Waals surface area (Å²) in [7, 11) is 0. The first kappa shape index (κ1) is 40.4. The average Bonchev–Trinajstić information content (AvgIpc) is 2.97. The third-order valence-corrected chi connectivity index (χ3v) is 9.53. The van der Waals surface area contributed by atoms with Crippen LogP contribution in [0.5, 0.6) is 0 Å². The number of primary amides is 1. The second-order valence-corrected chi connectivity index (χ2v) is 13.4. The molecule has 0 fully saturated rings. The van der Waals surface area contributed by atoms with Crippen LogP contribution in [0.15, 0.2) is 0 Å². The molecule has 41 heavy (non-hydrogen) atoms. The van der Waals surface area contributed by atoms with E-state index >= 15 is 0 Å². The van der Waals surface area contributed by atoms with Gasteiger partial charge in [-0.2, -0.15) is 0 Å². The Balaban J connectivity index is 3.64. The molecule has 0 radical (unpaired) electrons. The molecule has 0 aromatic carbocycles. The van der Waals surface area contributed by atoms with Gasteiger partial charge in [0.2, 0.25) is 5.91 Å². The highest BCUT2D eigenvalue weighted by atomic mass is 16.1. The number of carbonyl (C=O) groups excluding carboxylic acids is 1. The quantitative estimate of drug-likeness (QED) is 0.0735. The van der Waals surface area contributed by atoms with Crippen molar-refractivity contribution in [3.63, 3.8) is 0 Å². The molecule has 0 saturated heterocycles. The lowest BCUT2D eigenvalue weighted by Crippen LogP contribution is -2.55. The third-order valence-electron chi connectivity index (χ3n) is 9.53. The van der Waals surface area contributed by atoms with E-state index in [4.69, 9.17) is 5.73 Å². The zero-order valence-corrected chi connectivity index (χ0v) is 28.8. The Morgan fingerprint density at radius 1 is 0.439 bits per heavy atom. The van der Waals surface area contributed by atoms with Crippen LogP contribution in [0.3, 0.4) is 0 Å². The predicted molar refractivity (Wildman–Crippen MR) is 185 cm³/mol. The number of hydrogen-bond donors (Lipinski definition) is 2. The fraction of sp³-hybridized carbons (Fsp3) is 0.974. The average molecular weight is 579 g/mol. The first-order chi connectivity index (χ1) is 20.1. The first-order valence-corrected chi connectivity index (χ1v) is 19.2. The third kappa shape index (κ3) is 26.8. The van der Waals surface area contributed by atoms with Gasteiger partial charge in [0.05, 0.1) is 5.54 Å². The molecule has 1 amide bonds. The highest BCUT2D eigenvalue weighted by molar-refractivity contribution is 5.84. The SMILES string of the molecule is CCCCCCCCCCCCCCCCCCNC(CC)(CCCCCCCCCCCCCCCC)C(N)=O. The van der Waals surface area contributed by atoms with Crippen molar-refractivity contribution in [2.75, 3.05) is 6.54 Å². The molecule has 0 saturated carbocycles. The molecule has 246 valence electrons. The minimum atomic E-state index is -0.493. The maximum Gasteiger partial charge on any atom is 0.237 e. The molecule has 0 aliphatic carbocycles. The van der Waals surface area contributed by atoms with Crippen LogP contribution >= 0.6 is 0 Å². The molecule has 0 aromatic heterocycles. The topological polar surface area (TPSA) is 55.1 Å². The predicted octanol–water partition coefficient (Wildman–Crippen LogP) is 12.3. The van der Waals surface area contributed by atoms with Gasteiger partial charge in [-0.25, -0.2) is 0 Å². The largest absolute Gasteiger partial charge is 0.368 e. The summed E-state index contributed by atoms with van der Waals surface area (Å²) in [6.45, 7) is 7.63. The van der Waals surface area contributed by atoms with Crippen LogP contribution < -0.4 is 11.1 Å². The Labute approximate surface area is 259 Å². The van der Waals surface area contributed by atoms with E-state index in [1.165, 1.54) is 180 Å². The summed E-state index contributed by atoms with van der Waals surface area (Å²) in [6.07, 6.45) is 43.0. The first-order valence-electron chi connectivity index (χ1n) is 19.2. The van der Waals surface area contributed by atoms with E-state index in [0.29, 0.717) is 0 Å². The van der Waals surface area contributed by atoms with Crippen molar-refractivity contribution in [2.45, 2.75) is 232 Å². The summed E-state index contributed by atoms with van der Waals surface area (Å²) in [5.74, 6) is -0.147. The number of nitrogens with one attached hydrogen (secondary N) is 1. The van der Waals surface area contributed by atoms with E-state index in [2.05, 4.69) is 26.1 Å². The van der Waals surface area contributed by atoms with Crippen molar-refractivity contribution in [3.8, 4) is 0 Å². The number of carbonyl (C=O) groups is 1. The number of unbranched alkanes of at least 4 members (excludes halogenated alkanes) is 28. The lowest BCUT2D eigenvalue weighted by atomic mass is 9.88. The molecule has 3 nitrogen and oxygen atoms in total. The molecule has 0 spiro atoms.